The molecule has 0 heterocycles. The Morgan fingerprint density at radius 2 is 1.89 bits per heavy atom. The van der Waals surface area contributed by atoms with Gasteiger partial charge in [0.2, 0.25) is 5.91 Å². The monoisotopic (exact) mass is 385 g/mol. The SMILES string of the molecule is CC(C(=O)Nc1ccc(I)cc1Cl)c1ccccc1. The van der Waals surface area contributed by atoms with Crippen LogP contribution in [0.5, 0.6) is 0 Å². The van der Waals surface area contributed by atoms with Gasteiger partial charge in [0.25, 0.3) is 0 Å². The zero-order chi connectivity index (χ0) is 13.8. The van der Waals surface area contributed by atoms with Gasteiger partial charge in [-0.1, -0.05) is 41.9 Å². The van der Waals surface area contributed by atoms with E-state index in [4.69, 9.17) is 11.6 Å². The lowest BCUT2D eigenvalue weighted by Gasteiger charge is -2.13. The van der Waals surface area contributed by atoms with Crippen molar-refractivity contribution in [2.75, 3.05) is 5.32 Å². The van der Waals surface area contributed by atoms with Gasteiger partial charge in [-0.3, -0.25) is 4.79 Å². The lowest BCUT2D eigenvalue weighted by Crippen LogP contribution is -2.19. The number of carbonyl (C=O) groups excluding carboxylic acids is 1. The first-order valence-electron chi connectivity index (χ1n) is 5.89. The van der Waals surface area contributed by atoms with Gasteiger partial charge in [0.15, 0.2) is 0 Å². The van der Waals surface area contributed by atoms with Crippen molar-refractivity contribution >= 4 is 45.8 Å². The number of hydrogen-bond donors (Lipinski definition) is 1. The highest BCUT2D eigenvalue weighted by atomic mass is 127. The smallest absolute Gasteiger partial charge is 0.231 e. The van der Waals surface area contributed by atoms with Crippen molar-refractivity contribution in [2.45, 2.75) is 12.8 Å². The fourth-order valence-electron chi connectivity index (χ4n) is 1.72. The normalized spacial score (nSPS) is 11.9. The summed E-state index contributed by atoms with van der Waals surface area (Å²) in [6.07, 6.45) is 0. The fourth-order valence-corrected chi connectivity index (χ4v) is 2.63. The maximum Gasteiger partial charge on any atom is 0.231 e. The molecule has 0 aromatic heterocycles. The first kappa shape index (κ1) is 14.3. The van der Waals surface area contributed by atoms with Crippen molar-refractivity contribution in [1.82, 2.24) is 0 Å². The summed E-state index contributed by atoms with van der Waals surface area (Å²) in [5.41, 5.74) is 1.64. The highest BCUT2D eigenvalue weighted by molar-refractivity contribution is 14.1. The van der Waals surface area contributed by atoms with Crippen LogP contribution in [0.2, 0.25) is 5.02 Å². The molecule has 2 aromatic rings. The van der Waals surface area contributed by atoms with Gasteiger partial charge in [0, 0.05) is 3.57 Å². The molecular weight excluding hydrogens is 373 g/mol. The Morgan fingerprint density at radius 1 is 1.21 bits per heavy atom. The predicted molar refractivity (Wildman–Crippen MR) is 87.7 cm³/mol. The van der Waals surface area contributed by atoms with E-state index in [2.05, 4.69) is 27.9 Å². The molecule has 0 aliphatic heterocycles. The molecule has 1 atom stereocenters. The van der Waals surface area contributed by atoms with E-state index in [1.54, 1.807) is 0 Å². The van der Waals surface area contributed by atoms with Crippen molar-refractivity contribution in [2.24, 2.45) is 0 Å². The van der Waals surface area contributed by atoms with Crippen LogP contribution in [0.1, 0.15) is 18.4 Å². The summed E-state index contributed by atoms with van der Waals surface area (Å²) in [5.74, 6) is -0.272. The summed E-state index contributed by atoms with van der Waals surface area (Å²) in [7, 11) is 0. The van der Waals surface area contributed by atoms with Gasteiger partial charge in [-0.25, -0.2) is 0 Å². The van der Waals surface area contributed by atoms with Crippen LogP contribution < -0.4 is 5.32 Å². The number of rotatable bonds is 3. The molecule has 0 saturated heterocycles. The number of carbonyl (C=O) groups is 1. The number of benzene rings is 2. The third-order valence-corrected chi connectivity index (χ3v) is 3.87. The Balaban J connectivity index is 2.13. The van der Waals surface area contributed by atoms with Gasteiger partial charge in [0.1, 0.15) is 0 Å². The summed E-state index contributed by atoms with van der Waals surface area (Å²) >= 11 is 8.29. The molecule has 1 amide bonds. The average molecular weight is 386 g/mol. The second kappa shape index (κ2) is 6.39. The maximum absolute atomic E-state index is 12.2. The molecule has 1 unspecified atom stereocenters. The second-order valence-electron chi connectivity index (χ2n) is 4.25. The molecule has 2 nitrogen and oxygen atoms in total. The van der Waals surface area contributed by atoms with Gasteiger partial charge in [-0.05, 0) is 53.3 Å². The van der Waals surface area contributed by atoms with Crippen molar-refractivity contribution in [3.8, 4) is 0 Å². The van der Waals surface area contributed by atoms with E-state index in [1.165, 1.54) is 0 Å². The van der Waals surface area contributed by atoms with E-state index in [9.17, 15) is 4.79 Å². The summed E-state index contributed by atoms with van der Waals surface area (Å²) in [5, 5.41) is 3.42. The van der Waals surface area contributed by atoms with Crippen molar-refractivity contribution in [1.29, 1.82) is 0 Å². The third kappa shape index (κ3) is 3.70. The van der Waals surface area contributed by atoms with E-state index >= 15 is 0 Å². The molecule has 0 fully saturated rings. The van der Waals surface area contributed by atoms with Crippen LogP contribution >= 0.6 is 34.2 Å². The summed E-state index contributed by atoms with van der Waals surface area (Å²) in [4.78, 5) is 12.2. The standard InChI is InChI=1S/C15H13ClINO/c1-10(11-5-3-2-4-6-11)15(19)18-14-8-7-12(17)9-13(14)16/h2-10H,1H3,(H,18,19). The van der Waals surface area contributed by atoms with E-state index in [-0.39, 0.29) is 11.8 Å². The highest BCUT2D eigenvalue weighted by Gasteiger charge is 2.15. The van der Waals surface area contributed by atoms with Crippen molar-refractivity contribution in [3.05, 3.63) is 62.7 Å². The molecule has 2 aromatic carbocycles. The van der Waals surface area contributed by atoms with Crippen LogP contribution in [-0.2, 0) is 4.79 Å². The number of nitrogens with one attached hydrogen (secondary N) is 1. The van der Waals surface area contributed by atoms with Crippen molar-refractivity contribution in [3.63, 3.8) is 0 Å². The third-order valence-electron chi connectivity index (χ3n) is 2.88. The van der Waals surface area contributed by atoms with Gasteiger partial charge in [-0.15, -0.1) is 0 Å². The molecule has 98 valence electrons. The molecule has 4 heteroatoms. The Hall–Kier alpha value is -1.07. The minimum atomic E-state index is -0.212. The predicted octanol–water partition coefficient (Wildman–Crippen LogP) is 4.69. The van der Waals surface area contributed by atoms with Crippen LogP contribution in [-0.4, -0.2) is 5.91 Å². The quantitative estimate of drug-likeness (QED) is 0.763. The minimum absolute atomic E-state index is 0.0608. The molecule has 0 aliphatic carbocycles. The lowest BCUT2D eigenvalue weighted by molar-refractivity contribution is -0.117. The fraction of sp³-hybridized carbons (Fsp3) is 0.133. The first-order valence-corrected chi connectivity index (χ1v) is 7.34. The van der Waals surface area contributed by atoms with Gasteiger partial charge < -0.3 is 5.32 Å². The topological polar surface area (TPSA) is 29.1 Å². The van der Waals surface area contributed by atoms with Crippen LogP contribution in [0, 0.1) is 3.57 Å². The largest absolute Gasteiger partial charge is 0.324 e. The zero-order valence-corrected chi connectivity index (χ0v) is 13.3. The van der Waals surface area contributed by atoms with Crippen LogP contribution in [0.3, 0.4) is 0 Å². The highest BCUT2D eigenvalue weighted by Crippen LogP contribution is 2.25. The second-order valence-corrected chi connectivity index (χ2v) is 5.90. The average Bonchev–Trinajstić information content (AvgIpc) is 2.42. The Bertz CT molecular complexity index is 586. The number of anilines is 1. The molecular formula is C15H13ClINO. The number of amides is 1. The van der Waals surface area contributed by atoms with Gasteiger partial charge in [0.05, 0.1) is 16.6 Å². The van der Waals surface area contributed by atoms with Crippen LogP contribution in [0.25, 0.3) is 0 Å². The molecule has 0 bridgehead atoms. The molecule has 1 N–H and O–H groups in total. The van der Waals surface area contributed by atoms with Crippen LogP contribution in [0.4, 0.5) is 5.69 Å². The van der Waals surface area contributed by atoms with E-state index < -0.39 is 0 Å². The molecule has 0 radical (unpaired) electrons. The first-order chi connectivity index (χ1) is 9.08. The molecule has 0 aliphatic rings. The molecule has 0 spiro atoms. The Morgan fingerprint density at radius 3 is 2.53 bits per heavy atom. The molecule has 0 saturated carbocycles. The zero-order valence-electron chi connectivity index (χ0n) is 10.4. The van der Waals surface area contributed by atoms with E-state index in [0.717, 1.165) is 9.13 Å². The maximum atomic E-state index is 12.2. The lowest BCUT2D eigenvalue weighted by atomic mass is 10.0. The summed E-state index contributed by atoms with van der Waals surface area (Å²) < 4.78 is 1.04. The molecule has 19 heavy (non-hydrogen) atoms. The number of halogens is 2. The summed E-state index contributed by atoms with van der Waals surface area (Å²) in [6.45, 7) is 1.88. The van der Waals surface area contributed by atoms with Gasteiger partial charge >= 0.3 is 0 Å². The van der Waals surface area contributed by atoms with Crippen molar-refractivity contribution < 1.29 is 4.79 Å². The Labute approximate surface area is 131 Å². The summed E-state index contributed by atoms with van der Waals surface area (Å²) in [6, 6.07) is 15.2. The molecule has 2 rings (SSSR count). The van der Waals surface area contributed by atoms with E-state index in [1.807, 2.05) is 55.5 Å². The number of hydrogen-bond acceptors (Lipinski definition) is 1. The van der Waals surface area contributed by atoms with Crippen LogP contribution in [0.15, 0.2) is 48.5 Å². The van der Waals surface area contributed by atoms with E-state index in [0.29, 0.717) is 10.7 Å². The Kier molecular flexibility index (Phi) is 4.82. The van der Waals surface area contributed by atoms with Gasteiger partial charge in [-0.2, -0.15) is 0 Å². The minimum Gasteiger partial charge on any atom is -0.324 e.